The number of carbonyl (C=O) groups excluding carboxylic acids is 2. The van der Waals surface area contributed by atoms with E-state index in [0.29, 0.717) is 31.4 Å². The second kappa shape index (κ2) is 6.87. The minimum atomic E-state index is -0.573. The molecule has 24 heavy (non-hydrogen) atoms. The summed E-state index contributed by atoms with van der Waals surface area (Å²) in [6, 6.07) is 6.53. The predicted molar refractivity (Wildman–Crippen MR) is 85.5 cm³/mol. The van der Waals surface area contributed by atoms with E-state index in [1.165, 1.54) is 12.1 Å². The van der Waals surface area contributed by atoms with Gasteiger partial charge < -0.3 is 15.5 Å². The number of carbonyl (C=O) groups is 2. The highest BCUT2D eigenvalue weighted by Crippen LogP contribution is 2.32. The van der Waals surface area contributed by atoms with Crippen LogP contribution in [0.2, 0.25) is 0 Å². The normalized spacial score (nSPS) is 19.9. The summed E-state index contributed by atoms with van der Waals surface area (Å²) in [6.45, 7) is 1.22. The van der Waals surface area contributed by atoms with Gasteiger partial charge >= 0.3 is 0 Å². The first-order valence-electron chi connectivity index (χ1n) is 8.10. The van der Waals surface area contributed by atoms with Gasteiger partial charge in [-0.15, -0.1) is 0 Å². The summed E-state index contributed by atoms with van der Waals surface area (Å²) in [4.78, 5) is 25.8. The minimum absolute atomic E-state index is 0.0368. The number of rotatable bonds is 6. The monoisotopic (exact) mass is 330 g/mol. The van der Waals surface area contributed by atoms with Crippen molar-refractivity contribution in [3.63, 3.8) is 0 Å². The molecule has 1 aromatic rings. The van der Waals surface area contributed by atoms with Crippen molar-refractivity contribution in [3.05, 3.63) is 29.6 Å². The van der Waals surface area contributed by atoms with Gasteiger partial charge in [-0.2, -0.15) is 5.26 Å². The minimum Gasteiger partial charge on any atom is -0.382 e. The Morgan fingerprint density at radius 3 is 2.88 bits per heavy atom. The molecule has 1 saturated carbocycles. The third-order valence-corrected chi connectivity index (χ3v) is 4.38. The van der Waals surface area contributed by atoms with Crippen molar-refractivity contribution in [2.45, 2.75) is 25.3 Å². The van der Waals surface area contributed by atoms with Crippen LogP contribution in [0.1, 0.15) is 24.8 Å². The summed E-state index contributed by atoms with van der Waals surface area (Å²) in [5.41, 5.74) is 0.369. The molecule has 1 atom stereocenters. The van der Waals surface area contributed by atoms with Crippen LogP contribution in [0.25, 0.3) is 0 Å². The maximum Gasteiger partial charge on any atom is 0.225 e. The van der Waals surface area contributed by atoms with Crippen molar-refractivity contribution in [1.82, 2.24) is 10.2 Å². The zero-order valence-electron chi connectivity index (χ0n) is 13.2. The fourth-order valence-corrected chi connectivity index (χ4v) is 2.96. The van der Waals surface area contributed by atoms with Crippen molar-refractivity contribution in [2.75, 3.05) is 25.0 Å². The highest BCUT2D eigenvalue weighted by molar-refractivity contribution is 5.89. The summed E-state index contributed by atoms with van der Waals surface area (Å²) in [6.07, 6.45) is 2.36. The average Bonchev–Trinajstić information content (AvgIpc) is 3.33. The van der Waals surface area contributed by atoms with Gasteiger partial charge in [-0.3, -0.25) is 9.59 Å². The van der Waals surface area contributed by atoms with Gasteiger partial charge in [0.25, 0.3) is 0 Å². The number of nitriles is 1. The van der Waals surface area contributed by atoms with E-state index in [9.17, 15) is 14.0 Å². The molecule has 0 aromatic heterocycles. The molecule has 1 aromatic carbocycles. The van der Waals surface area contributed by atoms with Crippen LogP contribution < -0.4 is 10.6 Å². The van der Waals surface area contributed by atoms with Crippen LogP contribution >= 0.6 is 0 Å². The predicted octanol–water partition coefficient (Wildman–Crippen LogP) is 1.24. The summed E-state index contributed by atoms with van der Waals surface area (Å²) in [5, 5.41) is 14.7. The Kier molecular flexibility index (Phi) is 4.65. The Balaban J connectivity index is 1.44. The summed E-state index contributed by atoms with van der Waals surface area (Å²) < 4.78 is 13.5. The van der Waals surface area contributed by atoms with Crippen LogP contribution in [0.3, 0.4) is 0 Å². The lowest BCUT2D eigenvalue weighted by atomic mass is 10.1. The molecule has 1 aliphatic heterocycles. The summed E-state index contributed by atoms with van der Waals surface area (Å²) >= 11 is 0. The van der Waals surface area contributed by atoms with Gasteiger partial charge in [-0.1, -0.05) is 6.07 Å². The van der Waals surface area contributed by atoms with Gasteiger partial charge in [-0.25, -0.2) is 4.39 Å². The lowest BCUT2D eigenvalue weighted by Crippen LogP contribution is -2.36. The lowest BCUT2D eigenvalue weighted by molar-refractivity contribution is -0.129. The smallest absolute Gasteiger partial charge is 0.225 e. The molecule has 0 unspecified atom stereocenters. The number of hydrogen-bond acceptors (Lipinski definition) is 4. The molecular formula is C17H19FN4O2. The van der Waals surface area contributed by atoms with E-state index in [1.807, 2.05) is 11.0 Å². The number of benzene rings is 1. The van der Waals surface area contributed by atoms with Crippen molar-refractivity contribution >= 4 is 17.5 Å². The molecule has 2 N–H and O–H groups in total. The molecule has 2 aliphatic rings. The van der Waals surface area contributed by atoms with Gasteiger partial charge in [-0.05, 0) is 25.0 Å². The maximum absolute atomic E-state index is 13.5. The number of hydrogen-bond donors (Lipinski definition) is 2. The topological polar surface area (TPSA) is 85.2 Å². The van der Waals surface area contributed by atoms with Gasteiger partial charge in [0.15, 0.2) is 0 Å². The number of nitrogens with zero attached hydrogens (tertiary/aromatic N) is 2. The van der Waals surface area contributed by atoms with Crippen molar-refractivity contribution in [3.8, 4) is 6.07 Å². The molecule has 1 heterocycles. The molecule has 1 saturated heterocycles. The van der Waals surface area contributed by atoms with Crippen LogP contribution in [0.4, 0.5) is 10.1 Å². The Morgan fingerprint density at radius 1 is 1.38 bits per heavy atom. The molecule has 126 valence electrons. The molecule has 1 aliphatic carbocycles. The number of halogens is 1. The van der Waals surface area contributed by atoms with Gasteiger partial charge in [0.2, 0.25) is 11.8 Å². The van der Waals surface area contributed by atoms with Crippen LogP contribution in [-0.4, -0.2) is 42.4 Å². The van der Waals surface area contributed by atoms with Crippen molar-refractivity contribution in [1.29, 1.82) is 5.26 Å². The van der Waals surface area contributed by atoms with E-state index < -0.39 is 5.82 Å². The van der Waals surface area contributed by atoms with Crippen LogP contribution in [0, 0.1) is 23.1 Å². The Labute approximate surface area is 139 Å². The lowest BCUT2D eigenvalue weighted by Gasteiger charge is -2.15. The third-order valence-electron chi connectivity index (χ3n) is 4.38. The number of nitrogens with one attached hydrogen (secondary N) is 2. The summed E-state index contributed by atoms with van der Waals surface area (Å²) in [5.74, 6) is -0.930. The van der Waals surface area contributed by atoms with E-state index in [2.05, 4.69) is 10.6 Å². The van der Waals surface area contributed by atoms with Gasteiger partial charge in [0, 0.05) is 32.1 Å². The molecule has 2 fully saturated rings. The van der Waals surface area contributed by atoms with E-state index in [1.54, 1.807) is 6.07 Å². The quantitative estimate of drug-likeness (QED) is 0.769. The Morgan fingerprint density at radius 2 is 2.17 bits per heavy atom. The first-order chi connectivity index (χ1) is 11.6. The van der Waals surface area contributed by atoms with E-state index in [-0.39, 0.29) is 29.7 Å². The van der Waals surface area contributed by atoms with Gasteiger partial charge in [0.05, 0.1) is 11.6 Å². The molecule has 0 spiro atoms. The molecule has 3 rings (SSSR count). The fourth-order valence-electron chi connectivity index (χ4n) is 2.96. The average molecular weight is 330 g/mol. The Hall–Kier alpha value is -2.62. The maximum atomic E-state index is 13.5. The second-order valence-corrected chi connectivity index (χ2v) is 6.17. The largest absolute Gasteiger partial charge is 0.382 e. The SMILES string of the molecule is N#Cc1c(F)cccc1NCCNC(=O)[C@@H]1CC(=O)N(C2CC2)C1. The van der Waals surface area contributed by atoms with Crippen LogP contribution in [-0.2, 0) is 9.59 Å². The zero-order valence-corrected chi connectivity index (χ0v) is 13.2. The zero-order chi connectivity index (χ0) is 17.1. The van der Waals surface area contributed by atoms with Crippen molar-refractivity contribution < 1.29 is 14.0 Å². The molecule has 0 bridgehead atoms. The van der Waals surface area contributed by atoms with Crippen LogP contribution in [0.15, 0.2) is 18.2 Å². The first-order valence-corrected chi connectivity index (χ1v) is 8.10. The second-order valence-electron chi connectivity index (χ2n) is 6.17. The van der Waals surface area contributed by atoms with E-state index in [4.69, 9.17) is 5.26 Å². The molecule has 7 heteroatoms. The third kappa shape index (κ3) is 3.48. The molecular weight excluding hydrogens is 311 g/mol. The van der Waals surface area contributed by atoms with Crippen LogP contribution in [0.5, 0.6) is 0 Å². The number of anilines is 1. The standard InChI is InChI=1S/C17H19FN4O2/c18-14-2-1-3-15(13(14)9-19)20-6-7-21-17(24)11-8-16(23)22(10-11)12-4-5-12/h1-3,11-12,20H,4-8,10H2,(H,21,24)/t11-/m1/s1. The highest BCUT2D eigenvalue weighted by atomic mass is 19.1. The number of likely N-dealkylation sites (tertiary alicyclic amines) is 1. The summed E-state index contributed by atoms with van der Waals surface area (Å²) in [7, 11) is 0. The molecule has 6 nitrogen and oxygen atoms in total. The van der Waals surface area contributed by atoms with E-state index >= 15 is 0 Å². The number of amides is 2. The Bertz CT molecular complexity index is 696. The highest BCUT2D eigenvalue weighted by Gasteiger charge is 2.41. The molecule has 2 amide bonds. The van der Waals surface area contributed by atoms with Gasteiger partial charge in [0.1, 0.15) is 17.4 Å². The van der Waals surface area contributed by atoms with Crippen molar-refractivity contribution in [2.24, 2.45) is 5.92 Å². The first kappa shape index (κ1) is 16.2. The fraction of sp³-hybridized carbons (Fsp3) is 0.471. The molecule has 0 radical (unpaired) electrons. The van der Waals surface area contributed by atoms with E-state index in [0.717, 1.165) is 12.8 Å².